The first kappa shape index (κ1) is 17.7. The number of furan rings is 1. The smallest absolute Gasteiger partial charge is 0.246 e. The molecule has 1 aromatic carbocycles. The molecule has 4 rings (SSSR count). The molecule has 0 radical (unpaired) electrons. The summed E-state index contributed by atoms with van der Waals surface area (Å²) in [7, 11) is 0. The Hall–Kier alpha value is -2.70. The maximum atomic E-state index is 12.3. The zero-order valence-electron chi connectivity index (χ0n) is 15.0. The third kappa shape index (κ3) is 4.53. The highest BCUT2D eigenvalue weighted by Crippen LogP contribution is 2.22. The second-order valence-corrected chi connectivity index (χ2v) is 7.39. The van der Waals surface area contributed by atoms with Gasteiger partial charge in [-0.2, -0.15) is 0 Å². The average molecular weight is 379 g/mol. The molecule has 138 valence electrons. The van der Waals surface area contributed by atoms with Crippen molar-refractivity contribution in [2.75, 3.05) is 26.2 Å². The predicted octanol–water partition coefficient (Wildman–Crippen LogP) is 3.76. The highest BCUT2D eigenvalue weighted by atomic mass is 32.1. The fourth-order valence-corrected chi connectivity index (χ4v) is 3.93. The lowest BCUT2D eigenvalue weighted by molar-refractivity contribution is -0.127. The monoisotopic (exact) mass is 379 g/mol. The number of rotatable bonds is 5. The van der Waals surface area contributed by atoms with E-state index in [1.165, 1.54) is 0 Å². The molecule has 27 heavy (non-hydrogen) atoms. The molecule has 0 bridgehead atoms. The van der Waals surface area contributed by atoms with Crippen LogP contribution in [0.25, 0.3) is 17.3 Å². The molecule has 1 aliphatic rings. The number of carbonyl (C=O) groups excluding carboxylic acids is 1. The zero-order chi connectivity index (χ0) is 18.5. The maximum absolute atomic E-state index is 12.3. The Balaban J connectivity index is 1.28. The van der Waals surface area contributed by atoms with E-state index in [1.807, 2.05) is 35.2 Å². The number of aromatic nitrogens is 1. The molecule has 6 heteroatoms. The van der Waals surface area contributed by atoms with E-state index in [0.717, 1.165) is 49.0 Å². The summed E-state index contributed by atoms with van der Waals surface area (Å²) in [4.78, 5) is 21.3. The van der Waals surface area contributed by atoms with E-state index in [4.69, 9.17) is 9.40 Å². The summed E-state index contributed by atoms with van der Waals surface area (Å²) in [5, 5.41) is 3.23. The molecule has 1 fully saturated rings. The van der Waals surface area contributed by atoms with Gasteiger partial charge >= 0.3 is 0 Å². The minimum Gasteiger partial charge on any atom is -0.465 e. The maximum Gasteiger partial charge on any atom is 0.246 e. The van der Waals surface area contributed by atoms with Gasteiger partial charge in [0.25, 0.3) is 0 Å². The number of thiazole rings is 1. The largest absolute Gasteiger partial charge is 0.465 e. The number of amides is 1. The van der Waals surface area contributed by atoms with Crippen LogP contribution < -0.4 is 0 Å². The van der Waals surface area contributed by atoms with Crippen LogP contribution in [0.1, 0.15) is 10.8 Å². The summed E-state index contributed by atoms with van der Waals surface area (Å²) in [6.07, 6.45) is 4.90. The summed E-state index contributed by atoms with van der Waals surface area (Å²) < 4.78 is 5.22. The molecule has 1 amide bonds. The van der Waals surface area contributed by atoms with Gasteiger partial charge in [-0.25, -0.2) is 4.98 Å². The fraction of sp³-hybridized carbons (Fsp3) is 0.238. The van der Waals surface area contributed by atoms with Crippen LogP contribution in [0, 0.1) is 0 Å². The van der Waals surface area contributed by atoms with Crippen molar-refractivity contribution >= 4 is 23.3 Å². The van der Waals surface area contributed by atoms with Crippen molar-refractivity contribution in [3.63, 3.8) is 0 Å². The summed E-state index contributed by atoms with van der Waals surface area (Å²) in [6.45, 7) is 4.03. The van der Waals surface area contributed by atoms with Gasteiger partial charge in [0.2, 0.25) is 5.91 Å². The van der Waals surface area contributed by atoms with Gasteiger partial charge in [-0.15, -0.1) is 11.3 Å². The first-order chi connectivity index (χ1) is 13.3. The normalized spacial score (nSPS) is 15.5. The van der Waals surface area contributed by atoms with Gasteiger partial charge in [0.1, 0.15) is 10.8 Å². The molecule has 3 aromatic rings. The quantitative estimate of drug-likeness (QED) is 0.634. The molecule has 0 atom stereocenters. The molecule has 0 saturated carbocycles. The number of carbonyl (C=O) groups is 1. The van der Waals surface area contributed by atoms with Crippen molar-refractivity contribution in [2.45, 2.75) is 6.54 Å². The van der Waals surface area contributed by atoms with Gasteiger partial charge in [0, 0.05) is 43.2 Å². The molecule has 0 spiro atoms. The number of hydrogen-bond acceptors (Lipinski definition) is 5. The SMILES string of the molecule is O=C(/C=C/c1ccco1)N1CCN(Cc2nc(-c3ccccc3)cs2)CC1. The molecule has 1 saturated heterocycles. The van der Waals surface area contributed by atoms with Crippen LogP contribution in [0.2, 0.25) is 0 Å². The van der Waals surface area contributed by atoms with Crippen molar-refractivity contribution in [1.82, 2.24) is 14.8 Å². The fourth-order valence-electron chi connectivity index (χ4n) is 3.09. The topological polar surface area (TPSA) is 49.6 Å². The molecule has 1 aliphatic heterocycles. The van der Waals surface area contributed by atoms with E-state index >= 15 is 0 Å². The van der Waals surface area contributed by atoms with E-state index in [0.29, 0.717) is 5.76 Å². The van der Waals surface area contributed by atoms with Crippen LogP contribution in [-0.4, -0.2) is 46.9 Å². The standard InChI is InChI=1S/C21H21N3O2S/c25-21(9-8-18-7-4-14-26-18)24-12-10-23(11-13-24)15-20-22-19(16-27-20)17-5-2-1-3-6-17/h1-9,14,16H,10-13,15H2/b9-8+. The van der Waals surface area contributed by atoms with Gasteiger partial charge in [0.15, 0.2) is 0 Å². The highest BCUT2D eigenvalue weighted by molar-refractivity contribution is 7.09. The molecule has 0 N–H and O–H groups in total. The number of benzene rings is 1. The van der Waals surface area contributed by atoms with Gasteiger partial charge in [-0.3, -0.25) is 9.69 Å². The first-order valence-corrected chi connectivity index (χ1v) is 9.88. The Morgan fingerprint density at radius 2 is 1.93 bits per heavy atom. The molecular weight excluding hydrogens is 358 g/mol. The van der Waals surface area contributed by atoms with E-state index in [-0.39, 0.29) is 5.91 Å². The van der Waals surface area contributed by atoms with Crippen molar-refractivity contribution in [2.24, 2.45) is 0 Å². The van der Waals surface area contributed by atoms with Crippen LogP contribution in [0.15, 0.2) is 64.6 Å². The summed E-state index contributed by atoms with van der Waals surface area (Å²) >= 11 is 1.70. The van der Waals surface area contributed by atoms with E-state index in [2.05, 4.69) is 22.4 Å². The van der Waals surface area contributed by atoms with Crippen molar-refractivity contribution < 1.29 is 9.21 Å². The third-order valence-electron chi connectivity index (χ3n) is 4.60. The van der Waals surface area contributed by atoms with Crippen LogP contribution in [-0.2, 0) is 11.3 Å². The van der Waals surface area contributed by atoms with E-state index in [1.54, 1.807) is 29.8 Å². The second-order valence-electron chi connectivity index (χ2n) is 6.44. The first-order valence-electron chi connectivity index (χ1n) is 9.00. The van der Waals surface area contributed by atoms with E-state index < -0.39 is 0 Å². The average Bonchev–Trinajstić information content (AvgIpc) is 3.39. The second kappa shape index (κ2) is 8.33. The summed E-state index contributed by atoms with van der Waals surface area (Å²) in [6, 6.07) is 13.9. The minimum atomic E-state index is 0.0339. The molecule has 3 heterocycles. The Morgan fingerprint density at radius 1 is 1.11 bits per heavy atom. The molecule has 0 aliphatic carbocycles. The highest BCUT2D eigenvalue weighted by Gasteiger charge is 2.20. The number of nitrogens with zero attached hydrogens (tertiary/aromatic N) is 3. The lowest BCUT2D eigenvalue weighted by atomic mass is 10.2. The number of hydrogen-bond donors (Lipinski definition) is 0. The van der Waals surface area contributed by atoms with Crippen molar-refractivity contribution in [1.29, 1.82) is 0 Å². The van der Waals surface area contributed by atoms with E-state index in [9.17, 15) is 4.79 Å². The lowest BCUT2D eigenvalue weighted by Gasteiger charge is -2.33. The minimum absolute atomic E-state index is 0.0339. The van der Waals surface area contributed by atoms with Crippen LogP contribution in [0.3, 0.4) is 0 Å². The Kier molecular flexibility index (Phi) is 5.46. The third-order valence-corrected chi connectivity index (χ3v) is 5.43. The Bertz CT molecular complexity index is 895. The number of piperazine rings is 1. The van der Waals surface area contributed by atoms with Crippen molar-refractivity contribution in [3.05, 3.63) is 71.0 Å². The molecule has 2 aromatic heterocycles. The van der Waals surface area contributed by atoms with Gasteiger partial charge in [-0.1, -0.05) is 30.3 Å². The van der Waals surface area contributed by atoms with Crippen molar-refractivity contribution in [3.8, 4) is 11.3 Å². The van der Waals surface area contributed by atoms with Crippen LogP contribution in [0.5, 0.6) is 0 Å². The Morgan fingerprint density at radius 3 is 2.67 bits per heavy atom. The molecule has 0 unspecified atom stereocenters. The van der Waals surface area contributed by atoms with Gasteiger partial charge in [0.05, 0.1) is 18.5 Å². The molecule has 5 nitrogen and oxygen atoms in total. The molecular formula is C21H21N3O2S. The summed E-state index contributed by atoms with van der Waals surface area (Å²) in [5.41, 5.74) is 2.19. The van der Waals surface area contributed by atoms with Gasteiger partial charge in [-0.05, 0) is 18.2 Å². The zero-order valence-corrected chi connectivity index (χ0v) is 15.8. The van der Waals surface area contributed by atoms with Crippen LogP contribution in [0.4, 0.5) is 0 Å². The van der Waals surface area contributed by atoms with Gasteiger partial charge < -0.3 is 9.32 Å². The predicted molar refractivity (Wildman–Crippen MR) is 107 cm³/mol. The summed E-state index contributed by atoms with van der Waals surface area (Å²) in [5.74, 6) is 0.728. The van der Waals surface area contributed by atoms with Crippen LogP contribution >= 0.6 is 11.3 Å². The lowest BCUT2D eigenvalue weighted by Crippen LogP contribution is -2.47. The Labute approximate surface area is 162 Å².